The molecule has 0 aromatic heterocycles. The van der Waals surface area contributed by atoms with Gasteiger partial charge in [-0.25, -0.2) is 9.59 Å². The predicted molar refractivity (Wildman–Crippen MR) is 59.1 cm³/mol. The van der Waals surface area contributed by atoms with E-state index in [2.05, 4.69) is 5.32 Å². The number of carboxylic acid groups (broad SMARTS) is 1. The molecule has 2 amide bonds. The Morgan fingerprint density at radius 3 is 2.75 bits per heavy atom. The third-order valence-electron chi connectivity index (χ3n) is 3.14. The van der Waals surface area contributed by atoms with Crippen molar-refractivity contribution in [3.05, 3.63) is 0 Å². The van der Waals surface area contributed by atoms with Crippen molar-refractivity contribution in [1.29, 1.82) is 0 Å². The number of hydrogen-bond acceptors (Lipinski definition) is 3. The third-order valence-corrected chi connectivity index (χ3v) is 3.14. The SMILES string of the molecule is CCC1(C(=O)O)CCCN1C(=O)NCCN. The highest BCUT2D eigenvalue weighted by atomic mass is 16.4. The lowest BCUT2D eigenvalue weighted by Gasteiger charge is -2.33. The van der Waals surface area contributed by atoms with Crippen molar-refractivity contribution in [2.24, 2.45) is 5.73 Å². The van der Waals surface area contributed by atoms with Gasteiger partial charge in [0.1, 0.15) is 5.54 Å². The molecule has 0 saturated carbocycles. The largest absolute Gasteiger partial charge is 0.479 e. The first kappa shape index (κ1) is 12.8. The number of amides is 2. The molecule has 1 atom stereocenters. The molecule has 92 valence electrons. The molecular weight excluding hydrogens is 210 g/mol. The number of likely N-dealkylation sites (tertiary alicyclic amines) is 1. The number of aliphatic carboxylic acids is 1. The van der Waals surface area contributed by atoms with E-state index >= 15 is 0 Å². The first-order valence-electron chi connectivity index (χ1n) is 5.57. The van der Waals surface area contributed by atoms with Crippen LogP contribution in [0.25, 0.3) is 0 Å². The van der Waals surface area contributed by atoms with Gasteiger partial charge in [-0.1, -0.05) is 6.92 Å². The van der Waals surface area contributed by atoms with Gasteiger partial charge in [0.15, 0.2) is 0 Å². The summed E-state index contributed by atoms with van der Waals surface area (Å²) in [6.45, 7) is 3.01. The van der Waals surface area contributed by atoms with Gasteiger partial charge in [-0.2, -0.15) is 0 Å². The maximum atomic E-state index is 11.8. The van der Waals surface area contributed by atoms with E-state index in [-0.39, 0.29) is 6.03 Å². The predicted octanol–water partition coefficient (Wildman–Crippen LogP) is -0.0161. The Morgan fingerprint density at radius 1 is 1.56 bits per heavy atom. The fraction of sp³-hybridized carbons (Fsp3) is 0.800. The Kier molecular flexibility index (Phi) is 4.12. The lowest BCUT2D eigenvalue weighted by atomic mass is 9.93. The molecule has 1 rings (SSSR count). The van der Waals surface area contributed by atoms with Gasteiger partial charge < -0.3 is 21.1 Å². The molecule has 0 aromatic carbocycles. The summed E-state index contributed by atoms with van der Waals surface area (Å²) in [6.07, 6.45) is 1.68. The minimum absolute atomic E-state index is 0.327. The van der Waals surface area contributed by atoms with E-state index in [1.54, 1.807) is 6.92 Å². The van der Waals surface area contributed by atoms with E-state index in [4.69, 9.17) is 5.73 Å². The van der Waals surface area contributed by atoms with Crippen LogP contribution in [0.4, 0.5) is 4.79 Å². The molecule has 0 spiro atoms. The smallest absolute Gasteiger partial charge is 0.329 e. The molecule has 0 bridgehead atoms. The van der Waals surface area contributed by atoms with Crippen LogP contribution in [0.3, 0.4) is 0 Å². The summed E-state index contributed by atoms with van der Waals surface area (Å²) in [4.78, 5) is 24.5. The van der Waals surface area contributed by atoms with Gasteiger partial charge in [0.05, 0.1) is 0 Å². The van der Waals surface area contributed by atoms with Gasteiger partial charge in [-0.05, 0) is 19.3 Å². The number of rotatable bonds is 4. The summed E-state index contributed by atoms with van der Waals surface area (Å²) in [5.74, 6) is -0.921. The van der Waals surface area contributed by atoms with Crippen LogP contribution in [-0.2, 0) is 4.79 Å². The lowest BCUT2D eigenvalue weighted by Crippen LogP contribution is -2.56. The van der Waals surface area contributed by atoms with E-state index in [0.717, 1.165) is 6.42 Å². The second-order valence-corrected chi connectivity index (χ2v) is 3.97. The van der Waals surface area contributed by atoms with E-state index in [1.807, 2.05) is 0 Å². The molecule has 0 aromatic rings. The molecule has 6 nitrogen and oxygen atoms in total. The second kappa shape index (κ2) is 5.16. The zero-order chi connectivity index (χ0) is 12.2. The first-order chi connectivity index (χ1) is 7.58. The van der Waals surface area contributed by atoms with Crippen LogP contribution < -0.4 is 11.1 Å². The Hall–Kier alpha value is -1.30. The van der Waals surface area contributed by atoms with Crippen molar-refractivity contribution < 1.29 is 14.7 Å². The molecule has 4 N–H and O–H groups in total. The highest BCUT2D eigenvalue weighted by molar-refractivity contribution is 5.87. The number of carbonyl (C=O) groups excluding carboxylic acids is 1. The van der Waals surface area contributed by atoms with Gasteiger partial charge in [0, 0.05) is 19.6 Å². The summed E-state index contributed by atoms with van der Waals surface area (Å²) in [7, 11) is 0. The molecule has 1 aliphatic heterocycles. The van der Waals surface area contributed by atoms with Crippen molar-refractivity contribution in [2.75, 3.05) is 19.6 Å². The number of nitrogens with two attached hydrogens (primary N) is 1. The molecule has 1 saturated heterocycles. The van der Waals surface area contributed by atoms with Crippen molar-refractivity contribution in [3.63, 3.8) is 0 Å². The van der Waals surface area contributed by atoms with Crippen molar-refractivity contribution >= 4 is 12.0 Å². The first-order valence-corrected chi connectivity index (χ1v) is 5.57. The van der Waals surface area contributed by atoms with E-state index < -0.39 is 11.5 Å². The molecule has 1 aliphatic rings. The quantitative estimate of drug-likeness (QED) is 0.631. The average Bonchev–Trinajstić information content (AvgIpc) is 2.70. The maximum Gasteiger partial charge on any atom is 0.329 e. The monoisotopic (exact) mass is 229 g/mol. The van der Waals surface area contributed by atoms with Crippen molar-refractivity contribution in [2.45, 2.75) is 31.7 Å². The van der Waals surface area contributed by atoms with Crippen molar-refractivity contribution in [1.82, 2.24) is 10.2 Å². The van der Waals surface area contributed by atoms with Gasteiger partial charge in [-0.3, -0.25) is 0 Å². The summed E-state index contributed by atoms with van der Waals surface area (Å²) in [5.41, 5.74) is 4.26. The Morgan fingerprint density at radius 2 is 2.25 bits per heavy atom. The number of carbonyl (C=O) groups is 2. The lowest BCUT2D eigenvalue weighted by molar-refractivity contribution is -0.148. The molecule has 1 heterocycles. The van der Waals surface area contributed by atoms with Crippen LogP contribution in [-0.4, -0.2) is 47.2 Å². The maximum absolute atomic E-state index is 11.8. The molecule has 16 heavy (non-hydrogen) atoms. The summed E-state index contributed by atoms with van der Waals surface area (Å²) in [6, 6.07) is -0.327. The zero-order valence-corrected chi connectivity index (χ0v) is 9.53. The summed E-state index contributed by atoms with van der Waals surface area (Å²) >= 11 is 0. The van der Waals surface area contributed by atoms with Gasteiger partial charge in [0.25, 0.3) is 0 Å². The van der Waals surface area contributed by atoms with E-state index in [1.165, 1.54) is 4.90 Å². The standard InChI is InChI=1S/C10H19N3O3/c1-2-10(8(14)15)4-3-7-13(10)9(16)12-6-5-11/h2-7,11H2,1H3,(H,12,16)(H,14,15). The second-order valence-electron chi connectivity index (χ2n) is 3.97. The Balaban J connectivity index is 2.77. The average molecular weight is 229 g/mol. The minimum atomic E-state index is -1.03. The van der Waals surface area contributed by atoms with Crippen molar-refractivity contribution in [3.8, 4) is 0 Å². The molecular formula is C10H19N3O3. The van der Waals surface area contributed by atoms with Crippen LogP contribution >= 0.6 is 0 Å². The molecule has 1 fully saturated rings. The molecule has 0 radical (unpaired) electrons. The van der Waals surface area contributed by atoms with E-state index in [9.17, 15) is 14.7 Å². The number of nitrogens with zero attached hydrogens (tertiary/aromatic N) is 1. The number of urea groups is 1. The number of hydrogen-bond donors (Lipinski definition) is 3. The highest BCUT2D eigenvalue weighted by Crippen LogP contribution is 2.32. The van der Waals surface area contributed by atoms with Crippen LogP contribution in [0.5, 0.6) is 0 Å². The molecule has 6 heteroatoms. The topological polar surface area (TPSA) is 95.7 Å². The van der Waals surface area contributed by atoms with Crippen LogP contribution in [0.2, 0.25) is 0 Å². The van der Waals surface area contributed by atoms with Gasteiger partial charge in [-0.15, -0.1) is 0 Å². The highest BCUT2D eigenvalue weighted by Gasteiger charge is 2.48. The molecule has 1 unspecified atom stereocenters. The van der Waals surface area contributed by atoms with Crippen LogP contribution in [0, 0.1) is 0 Å². The Bertz CT molecular complexity index is 282. The van der Waals surface area contributed by atoms with Gasteiger partial charge >= 0.3 is 12.0 Å². The number of carboxylic acids is 1. The van der Waals surface area contributed by atoms with Gasteiger partial charge in [0.2, 0.25) is 0 Å². The molecule has 0 aliphatic carbocycles. The normalized spacial score (nSPS) is 24.5. The summed E-state index contributed by atoms with van der Waals surface area (Å²) < 4.78 is 0. The number of nitrogens with one attached hydrogen (secondary N) is 1. The van der Waals surface area contributed by atoms with Crippen LogP contribution in [0.15, 0.2) is 0 Å². The summed E-state index contributed by atoms with van der Waals surface area (Å²) in [5, 5.41) is 11.9. The Labute approximate surface area is 94.8 Å². The fourth-order valence-electron chi connectivity index (χ4n) is 2.19. The van der Waals surface area contributed by atoms with E-state index in [0.29, 0.717) is 32.5 Å². The fourth-order valence-corrected chi connectivity index (χ4v) is 2.19. The zero-order valence-electron chi connectivity index (χ0n) is 9.53. The van der Waals surface area contributed by atoms with Crippen LogP contribution in [0.1, 0.15) is 26.2 Å². The third kappa shape index (κ3) is 2.11. The minimum Gasteiger partial charge on any atom is -0.479 e.